The predicted octanol–water partition coefficient (Wildman–Crippen LogP) is 6.72. The predicted molar refractivity (Wildman–Crippen MR) is 157 cm³/mol. The van der Waals surface area contributed by atoms with Crippen molar-refractivity contribution in [1.29, 1.82) is 0 Å². The molecule has 4 rings (SSSR count). The lowest BCUT2D eigenvalue weighted by Gasteiger charge is -2.23. The molecule has 0 radical (unpaired) electrons. The van der Waals surface area contributed by atoms with E-state index in [1.54, 1.807) is 49.5 Å². The first-order valence-corrected chi connectivity index (χ1v) is 14.2. The third-order valence-corrected chi connectivity index (χ3v) is 7.65. The number of nitrogens with zero attached hydrogens (tertiary/aromatic N) is 3. The molecule has 0 unspecified atom stereocenters. The topological polar surface area (TPSA) is 93.6 Å². The number of amides is 2. The SMILES string of the molecule is COc1ccc(CCN(CCC(=O)Nc2nnc(-c3ccc(C(F)(F)F)cc3)s2)C(=O)c2ccc(Br)cc2)cc1OC. The van der Waals surface area contributed by atoms with E-state index in [2.05, 4.69) is 31.4 Å². The van der Waals surface area contributed by atoms with Crippen LogP contribution in [0.1, 0.15) is 27.9 Å². The molecule has 1 aromatic heterocycles. The molecular weight excluding hydrogens is 637 g/mol. The summed E-state index contributed by atoms with van der Waals surface area (Å²) in [6, 6.07) is 17.0. The van der Waals surface area contributed by atoms with Crippen molar-refractivity contribution in [1.82, 2.24) is 15.1 Å². The molecule has 0 bridgehead atoms. The van der Waals surface area contributed by atoms with Crippen molar-refractivity contribution in [2.24, 2.45) is 0 Å². The number of halogens is 4. The molecule has 0 fully saturated rings. The molecule has 3 aromatic carbocycles. The fourth-order valence-corrected chi connectivity index (χ4v) is 5.03. The van der Waals surface area contributed by atoms with Crippen LogP contribution in [0, 0.1) is 0 Å². The van der Waals surface area contributed by atoms with Crippen molar-refractivity contribution >= 4 is 44.2 Å². The molecule has 1 heterocycles. The highest BCUT2D eigenvalue weighted by Crippen LogP contribution is 2.32. The lowest BCUT2D eigenvalue weighted by atomic mass is 10.1. The first-order chi connectivity index (χ1) is 20.1. The summed E-state index contributed by atoms with van der Waals surface area (Å²) >= 11 is 4.41. The second-order valence-electron chi connectivity index (χ2n) is 9.02. The molecule has 13 heteroatoms. The van der Waals surface area contributed by atoms with Crippen LogP contribution in [0.15, 0.2) is 71.2 Å². The van der Waals surface area contributed by atoms with Gasteiger partial charge in [0.25, 0.3) is 5.91 Å². The van der Waals surface area contributed by atoms with Crippen LogP contribution < -0.4 is 14.8 Å². The Hall–Kier alpha value is -3.97. The summed E-state index contributed by atoms with van der Waals surface area (Å²) < 4.78 is 50.0. The van der Waals surface area contributed by atoms with Crippen LogP contribution in [0.3, 0.4) is 0 Å². The zero-order valence-corrected chi connectivity index (χ0v) is 25.0. The van der Waals surface area contributed by atoms with Crippen LogP contribution in [0.5, 0.6) is 11.5 Å². The highest BCUT2D eigenvalue weighted by molar-refractivity contribution is 9.10. The normalized spacial score (nSPS) is 11.2. The lowest BCUT2D eigenvalue weighted by Crippen LogP contribution is -2.35. The third kappa shape index (κ3) is 8.07. The van der Waals surface area contributed by atoms with Crippen LogP contribution in [-0.4, -0.2) is 54.2 Å². The molecule has 0 spiro atoms. The number of benzene rings is 3. The Balaban J connectivity index is 1.41. The zero-order chi connectivity index (χ0) is 30.3. The summed E-state index contributed by atoms with van der Waals surface area (Å²) in [6.07, 6.45) is -3.94. The molecule has 1 N–H and O–H groups in total. The van der Waals surface area contributed by atoms with Crippen molar-refractivity contribution in [3.05, 3.63) is 87.9 Å². The van der Waals surface area contributed by atoms with Gasteiger partial charge in [-0.15, -0.1) is 10.2 Å². The van der Waals surface area contributed by atoms with Crippen molar-refractivity contribution < 1.29 is 32.2 Å². The number of alkyl halides is 3. The van der Waals surface area contributed by atoms with Crippen LogP contribution in [-0.2, 0) is 17.4 Å². The van der Waals surface area contributed by atoms with Crippen molar-refractivity contribution in [2.45, 2.75) is 19.0 Å². The second kappa shape index (κ2) is 13.8. The van der Waals surface area contributed by atoms with E-state index in [1.165, 1.54) is 12.1 Å². The Morgan fingerprint density at radius 3 is 2.26 bits per heavy atom. The Morgan fingerprint density at radius 1 is 0.929 bits per heavy atom. The molecule has 220 valence electrons. The first kappa shape index (κ1) is 31.0. The molecule has 0 aliphatic heterocycles. The van der Waals surface area contributed by atoms with Gasteiger partial charge >= 0.3 is 6.18 Å². The molecule has 42 heavy (non-hydrogen) atoms. The maximum absolute atomic E-state index is 13.4. The van der Waals surface area contributed by atoms with Gasteiger partial charge in [-0.1, -0.05) is 45.5 Å². The molecule has 0 aliphatic carbocycles. The number of carbonyl (C=O) groups excluding carboxylic acids is 2. The molecule has 0 atom stereocenters. The number of rotatable bonds is 11. The van der Waals surface area contributed by atoms with E-state index < -0.39 is 11.7 Å². The van der Waals surface area contributed by atoms with Gasteiger partial charge in [-0.3, -0.25) is 9.59 Å². The molecule has 0 aliphatic rings. The minimum absolute atomic E-state index is 0.0105. The molecule has 4 aromatic rings. The Labute approximate surface area is 252 Å². The molecule has 2 amide bonds. The highest BCUT2D eigenvalue weighted by Gasteiger charge is 2.30. The Kier molecular flexibility index (Phi) is 10.2. The van der Waals surface area contributed by atoms with Gasteiger partial charge in [-0.2, -0.15) is 13.2 Å². The first-order valence-electron chi connectivity index (χ1n) is 12.6. The van der Waals surface area contributed by atoms with Gasteiger partial charge < -0.3 is 19.7 Å². The van der Waals surface area contributed by atoms with Gasteiger partial charge in [0.15, 0.2) is 11.5 Å². The Bertz CT molecular complexity index is 1530. The molecule has 8 nitrogen and oxygen atoms in total. The monoisotopic (exact) mass is 662 g/mol. The van der Waals surface area contributed by atoms with Gasteiger partial charge in [0.2, 0.25) is 11.0 Å². The van der Waals surface area contributed by atoms with E-state index in [9.17, 15) is 22.8 Å². The zero-order valence-electron chi connectivity index (χ0n) is 22.6. The minimum atomic E-state index is -4.44. The summed E-state index contributed by atoms with van der Waals surface area (Å²) in [5.74, 6) is 0.563. The molecular formula is C29H26BrF3N4O4S. The average molecular weight is 664 g/mol. The lowest BCUT2D eigenvalue weighted by molar-refractivity contribution is -0.137. The quantitative estimate of drug-likeness (QED) is 0.192. The van der Waals surface area contributed by atoms with E-state index in [0.717, 1.165) is 33.5 Å². The van der Waals surface area contributed by atoms with Gasteiger partial charge in [-0.05, 0) is 60.5 Å². The number of hydrogen-bond donors (Lipinski definition) is 1. The summed E-state index contributed by atoms with van der Waals surface area (Å²) in [4.78, 5) is 27.7. The second-order valence-corrected chi connectivity index (χ2v) is 10.9. The number of anilines is 1. The van der Waals surface area contributed by atoms with E-state index in [0.29, 0.717) is 40.6 Å². The minimum Gasteiger partial charge on any atom is -0.493 e. The van der Waals surface area contributed by atoms with Gasteiger partial charge in [0.1, 0.15) is 5.01 Å². The number of carbonyl (C=O) groups is 2. The van der Waals surface area contributed by atoms with Crippen LogP contribution in [0.2, 0.25) is 0 Å². The standard InChI is InChI=1S/C29H26BrF3N4O4S/c1-40-23-12-3-18(17-24(23)41-2)13-15-37(27(39)20-6-10-22(30)11-7-20)16-14-25(38)34-28-36-35-26(42-28)19-4-8-21(9-5-19)29(31,32)33/h3-12,17H,13-16H2,1-2H3,(H,34,36,38). The van der Waals surface area contributed by atoms with Gasteiger partial charge in [0.05, 0.1) is 19.8 Å². The van der Waals surface area contributed by atoms with Crippen molar-refractivity contribution in [3.8, 4) is 22.1 Å². The largest absolute Gasteiger partial charge is 0.493 e. The number of methoxy groups -OCH3 is 2. The summed E-state index contributed by atoms with van der Waals surface area (Å²) in [6.45, 7) is 0.479. The highest BCUT2D eigenvalue weighted by atomic mass is 79.9. The van der Waals surface area contributed by atoms with Crippen LogP contribution in [0.25, 0.3) is 10.6 Å². The van der Waals surface area contributed by atoms with Gasteiger partial charge in [-0.25, -0.2) is 0 Å². The van der Waals surface area contributed by atoms with Crippen LogP contribution in [0.4, 0.5) is 18.3 Å². The van der Waals surface area contributed by atoms with Crippen LogP contribution >= 0.6 is 27.3 Å². The number of ether oxygens (including phenoxy) is 2. The molecule has 0 saturated carbocycles. The summed E-state index contributed by atoms with van der Waals surface area (Å²) in [7, 11) is 3.10. The fourth-order valence-electron chi connectivity index (χ4n) is 4.00. The average Bonchev–Trinajstić information content (AvgIpc) is 3.45. The fraction of sp³-hybridized carbons (Fsp3) is 0.241. The maximum atomic E-state index is 13.4. The van der Waals surface area contributed by atoms with Gasteiger partial charge in [0, 0.05) is 35.1 Å². The van der Waals surface area contributed by atoms with E-state index in [-0.39, 0.29) is 29.9 Å². The number of aromatic nitrogens is 2. The Morgan fingerprint density at radius 2 is 1.62 bits per heavy atom. The van der Waals surface area contributed by atoms with E-state index in [4.69, 9.17) is 9.47 Å². The van der Waals surface area contributed by atoms with Crippen molar-refractivity contribution in [3.63, 3.8) is 0 Å². The maximum Gasteiger partial charge on any atom is 0.416 e. The third-order valence-electron chi connectivity index (χ3n) is 6.24. The summed E-state index contributed by atoms with van der Waals surface area (Å²) in [5.41, 5.74) is 1.09. The van der Waals surface area contributed by atoms with E-state index in [1.807, 2.05) is 12.1 Å². The van der Waals surface area contributed by atoms with E-state index >= 15 is 0 Å². The number of nitrogens with one attached hydrogen (secondary N) is 1. The summed E-state index contributed by atoms with van der Waals surface area (Å²) in [5, 5.41) is 11.1. The number of hydrogen-bond acceptors (Lipinski definition) is 7. The molecule has 0 saturated heterocycles. The van der Waals surface area contributed by atoms with Crippen molar-refractivity contribution in [2.75, 3.05) is 32.6 Å². The smallest absolute Gasteiger partial charge is 0.416 e.